The van der Waals surface area contributed by atoms with E-state index in [0.29, 0.717) is 6.04 Å². The van der Waals surface area contributed by atoms with E-state index in [-0.39, 0.29) is 0 Å². The van der Waals surface area contributed by atoms with Gasteiger partial charge < -0.3 is 14.6 Å². The molecule has 20 heavy (non-hydrogen) atoms. The van der Waals surface area contributed by atoms with Crippen molar-refractivity contribution in [3.05, 3.63) is 47.7 Å². The molecule has 2 aromatic rings. The van der Waals surface area contributed by atoms with Gasteiger partial charge >= 0.3 is 0 Å². The molecule has 0 radical (unpaired) electrons. The molecule has 0 unspecified atom stereocenters. The fourth-order valence-corrected chi connectivity index (χ4v) is 2.03. The van der Waals surface area contributed by atoms with Crippen molar-refractivity contribution in [3.8, 4) is 0 Å². The fraction of sp³-hybridized carbons (Fsp3) is 0.438. The summed E-state index contributed by atoms with van der Waals surface area (Å²) >= 11 is 0. The van der Waals surface area contributed by atoms with Crippen LogP contribution in [0.1, 0.15) is 30.9 Å². The number of aromatic nitrogens is 1. The first-order chi connectivity index (χ1) is 9.56. The van der Waals surface area contributed by atoms with E-state index in [4.69, 9.17) is 4.42 Å². The molecule has 0 aliphatic carbocycles. The van der Waals surface area contributed by atoms with Gasteiger partial charge in [-0.05, 0) is 25.1 Å². The Balaban J connectivity index is 2.04. The molecule has 4 heteroatoms. The maximum absolute atomic E-state index is 5.34. The zero-order valence-electron chi connectivity index (χ0n) is 12.7. The summed E-state index contributed by atoms with van der Waals surface area (Å²) in [5.41, 5.74) is 3.44. The van der Waals surface area contributed by atoms with Gasteiger partial charge in [-0.1, -0.05) is 13.8 Å². The average Bonchev–Trinajstić information content (AvgIpc) is 2.82. The van der Waals surface area contributed by atoms with Crippen molar-refractivity contribution in [1.29, 1.82) is 0 Å². The third-order valence-corrected chi connectivity index (χ3v) is 3.31. The summed E-state index contributed by atoms with van der Waals surface area (Å²) in [6.45, 7) is 7.90. The Morgan fingerprint density at radius 2 is 2.15 bits per heavy atom. The summed E-state index contributed by atoms with van der Waals surface area (Å²) in [7, 11) is 2.08. The molecule has 2 rings (SSSR count). The van der Waals surface area contributed by atoms with Crippen molar-refractivity contribution in [1.82, 2.24) is 10.3 Å². The molecule has 0 spiro atoms. The first-order valence-electron chi connectivity index (χ1n) is 6.98. The number of aryl methyl sites for hydroxylation is 1. The third-order valence-electron chi connectivity index (χ3n) is 3.31. The van der Waals surface area contributed by atoms with E-state index >= 15 is 0 Å². The van der Waals surface area contributed by atoms with Gasteiger partial charge in [0.25, 0.3) is 0 Å². The van der Waals surface area contributed by atoms with Crippen LogP contribution in [-0.4, -0.2) is 18.1 Å². The van der Waals surface area contributed by atoms with Crippen LogP contribution in [0.15, 0.2) is 35.1 Å². The van der Waals surface area contributed by atoms with E-state index in [1.54, 1.807) is 6.26 Å². The van der Waals surface area contributed by atoms with Crippen molar-refractivity contribution >= 4 is 5.69 Å². The molecule has 0 aromatic carbocycles. The normalized spacial score (nSPS) is 11.1. The fourth-order valence-electron chi connectivity index (χ4n) is 2.03. The van der Waals surface area contributed by atoms with Crippen molar-refractivity contribution in [2.24, 2.45) is 0 Å². The minimum absolute atomic E-state index is 0.465. The van der Waals surface area contributed by atoms with Crippen molar-refractivity contribution < 1.29 is 4.42 Å². The summed E-state index contributed by atoms with van der Waals surface area (Å²) in [4.78, 5) is 6.61. The highest BCUT2D eigenvalue weighted by atomic mass is 16.3. The number of anilines is 1. The van der Waals surface area contributed by atoms with E-state index in [1.165, 1.54) is 11.3 Å². The van der Waals surface area contributed by atoms with Gasteiger partial charge in [-0.25, -0.2) is 0 Å². The van der Waals surface area contributed by atoms with Crippen LogP contribution >= 0.6 is 0 Å². The van der Waals surface area contributed by atoms with Crippen LogP contribution in [0.2, 0.25) is 0 Å². The molecule has 0 fully saturated rings. The first kappa shape index (κ1) is 14.6. The topological polar surface area (TPSA) is 41.3 Å². The number of rotatable bonds is 6. The van der Waals surface area contributed by atoms with Gasteiger partial charge in [0, 0.05) is 43.6 Å². The summed E-state index contributed by atoms with van der Waals surface area (Å²) in [6, 6.07) is 6.65. The summed E-state index contributed by atoms with van der Waals surface area (Å²) in [5, 5.41) is 3.39. The van der Waals surface area contributed by atoms with E-state index < -0.39 is 0 Å². The van der Waals surface area contributed by atoms with E-state index in [0.717, 1.165) is 24.5 Å². The minimum Gasteiger partial charge on any atom is -0.469 e. The molecule has 0 atom stereocenters. The number of nitrogens with one attached hydrogen (secondary N) is 1. The largest absolute Gasteiger partial charge is 0.469 e. The number of nitrogens with zero attached hydrogens (tertiary/aromatic N) is 2. The molecule has 0 bridgehead atoms. The van der Waals surface area contributed by atoms with Crippen molar-refractivity contribution in [2.45, 2.75) is 39.9 Å². The Morgan fingerprint density at radius 1 is 1.35 bits per heavy atom. The molecule has 4 nitrogen and oxygen atoms in total. The van der Waals surface area contributed by atoms with E-state index in [1.807, 2.05) is 25.3 Å². The molecule has 2 aromatic heterocycles. The van der Waals surface area contributed by atoms with Gasteiger partial charge in [-0.3, -0.25) is 4.98 Å². The SMILES string of the molecule is Cc1occc1CN(C)c1ccnc(CNC(C)C)c1. The predicted octanol–water partition coefficient (Wildman–Crippen LogP) is 3.12. The first-order valence-corrected chi connectivity index (χ1v) is 6.98. The molecule has 0 aliphatic heterocycles. The average molecular weight is 273 g/mol. The van der Waals surface area contributed by atoms with Crippen LogP contribution in [0, 0.1) is 6.92 Å². The highest BCUT2D eigenvalue weighted by Gasteiger charge is 2.07. The Labute approximate surface area is 120 Å². The number of hydrogen-bond acceptors (Lipinski definition) is 4. The monoisotopic (exact) mass is 273 g/mol. The van der Waals surface area contributed by atoms with Crippen LogP contribution in [-0.2, 0) is 13.1 Å². The quantitative estimate of drug-likeness (QED) is 0.878. The van der Waals surface area contributed by atoms with Crippen LogP contribution in [0.25, 0.3) is 0 Å². The predicted molar refractivity (Wildman–Crippen MR) is 81.8 cm³/mol. The number of furan rings is 1. The Bertz CT molecular complexity index is 548. The minimum atomic E-state index is 0.465. The molecule has 0 aliphatic rings. The van der Waals surface area contributed by atoms with Crippen molar-refractivity contribution in [2.75, 3.05) is 11.9 Å². The number of pyridine rings is 1. The lowest BCUT2D eigenvalue weighted by Crippen LogP contribution is -2.23. The molecule has 108 valence electrons. The molecule has 0 saturated carbocycles. The summed E-state index contributed by atoms with van der Waals surface area (Å²) < 4.78 is 5.34. The second kappa shape index (κ2) is 6.57. The maximum Gasteiger partial charge on any atom is 0.105 e. The molecule has 0 amide bonds. The molecule has 0 saturated heterocycles. The second-order valence-corrected chi connectivity index (χ2v) is 5.40. The zero-order valence-corrected chi connectivity index (χ0v) is 12.7. The van der Waals surface area contributed by atoms with Crippen LogP contribution < -0.4 is 10.2 Å². The van der Waals surface area contributed by atoms with Gasteiger partial charge in [0.15, 0.2) is 0 Å². The number of hydrogen-bond donors (Lipinski definition) is 1. The summed E-state index contributed by atoms with van der Waals surface area (Å²) in [5.74, 6) is 0.979. The third kappa shape index (κ3) is 3.84. The lowest BCUT2D eigenvalue weighted by Gasteiger charge is -2.19. The maximum atomic E-state index is 5.34. The molecule has 1 N–H and O–H groups in total. The van der Waals surface area contributed by atoms with Gasteiger partial charge in [0.1, 0.15) is 5.76 Å². The van der Waals surface area contributed by atoms with E-state index in [9.17, 15) is 0 Å². The lowest BCUT2D eigenvalue weighted by molar-refractivity contribution is 0.529. The summed E-state index contributed by atoms with van der Waals surface area (Å²) in [6.07, 6.45) is 3.61. The van der Waals surface area contributed by atoms with Crippen LogP contribution in [0.3, 0.4) is 0 Å². The standard InChI is InChI=1S/C16H23N3O/c1-12(2)18-10-15-9-16(5-7-17-15)19(4)11-14-6-8-20-13(14)3/h5-9,12,18H,10-11H2,1-4H3. The van der Waals surface area contributed by atoms with Crippen LogP contribution in [0.4, 0.5) is 5.69 Å². The smallest absolute Gasteiger partial charge is 0.105 e. The molecular weight excluding hydrogens is 250 g/mol. The highest BCUT2D eigenvalue weighted by Crippen LogP contribution is 2.18. The Kier molecular flexibility index (Phi) is 4.79. The van der Waals surface area contributed by atoms with Crippen LogP contribution in [0.5, 0.6) is 0 Å². The Hall–Kier alpha value is -1.81. The van der Waals surface area contributed by atoms with E-state index in [2.05, 4.69) is 42.2 Å². The lowest BCUT2D eigenvalue weighted by atomic mass is 10.2. The zero-order chi connectivity index (χ0) is 14.5. The Morgan fingerprint density at radius 3 is 2.80 bits per heavy atom. The van der Waals surface area contributed by atoms with Gasteiger partial charge in [0.05, 0.1) is 12.0 Å². The highest BCUT2D eigenvalue weighted by molar-refractivity contribution is 5.46. The second-order valence-electron chi connectivity index (χ2n) is 5.40. The van der Waals surface area contributed by atoms with Gasteiger partial charge in [-0.15, -0.1) is 0 Å². The molecular formula is C16H23N3O. The molecule has 2 heterocycles. The van der Waals surface area contributed by atoms with Crippen molar-refractivity contribution in [3.63, 3.8) is 0 Å². The van der Waals surface area contributed by atoms with Gasteiger partial charge in [-0.2, -0.15) is 0 Å². The van der Waals surface area contributed by atoms with Gasteiger partial charge in [0.2, 0.25) is 0 Å².